The molecular weight excluding hydrogens is 440 g/mol. The monoisotopic (exact) mass is 464 g/mol. The number of methoxy groups -OCH3 is 1. The van der Waals surface area contributed by atoms with E-state index in [-0.39, 0.29) is 5.75 Å². The SMILES string of the molecule is CCN(CC)c1ccc(/C=N\Nc2nc(-c3cc4cccc(OC)c4oc3=O)cs2)c(O)c1. The van der Waals surface area contributed by atoms with Gasteiger partial charge in [0.25, 0.3) is 0 Å². The van der Waals surface area contributed by atoms with Gasteiger partial charge in [0, 0.05) is 41.2 Å². The minimum absolute atomic E-state index is 0.147. The first kappa shape index (κ1) is 22.3. The lowest BCUT2D eigenvalue weighted by molar-refractivity contribution is 0.407. The van der Waals surface area contributed by atoms with E-state index in [2.05, 4.69) is 34.3 Å². The van der Waals surface area contributed by atoms with Crippen molar-refractivity contribution in [2.75, 3.05) is 30.5 Å². The third-order valence-electron chi connectivity index (χ3n) is 5.23. The van der Waals surface area contributed by atoms with E-state index in [1.54, 1.807) is 23.6 Å². The summed E-state index contributed by atoms with van der Waals surface area (Å²) in [5.41, 5.74) is 5.14. The van der Waals surface area contributed by atoms with Gasteiger partial charge in [-0.15, -0.1) is 11.3 Å². The Morgan fingerprint density at radius 1 is 1.24 bits per heavy atom. The molecule has 2 aromatic carbocycles. The molecule has 0 aliphatic rings. The first-order valence-corrected chi connectivity index (χ1v) is 11.4. The molecule has 2 N–H and O–H groups in total. The number of hydrogen-bond donors (Lipinski definition) is 2. The molecule has 0 aliphatic heterocycles. The number of benzene rings is 2. The summed E-state index contributed by atoms with van der Waals surface area (Å²) >= 11 is 1.31. The highest BCUT2D eigenvalue weighted by atomic mass is 32.1. The van der Waals surface area contributed by atoms with Gasteiger partial charge < -0.3 is 19.2 Å². The summed E-state index contributed by atoms with van der Waals surface area (Å²) in [6.45, 7) is 5.86. The Labute approximate surface area is 194 Å². The van der Waals surface area contributed by atoms with Gasteiger partial charge in [-0.25, -0.2) is 9.78 Å². The zero-order chi connectivity index (χ0) is 23.4. The van der Waals surface area contributed by atoms with E-state index < -0.39 is 5.63 Å². The van der Waals surface area contributed by atoms with Gasteiger partial charge >= 0.3 is 5.63 Å². The van der Waals surface area contributed by atoms with Gasteiger partial charge in [0.1, 0.15) is 5.75 Å². The largest absolute Gasteiger partial charge is 0.507 e. The van der Waals surface area contributed by atoms with E-state index >= 15 is 0 Å². The maximum absolute atomic E-state index is 12.5. The number of thiazole rings is 1. The number of hydrazone groups is 1. The van der Waals surface area contributed by atoms with Crippen LogP contribution >= 0.6 is 11.3 Å². The lowest BCUT2D eigenvalue weighted by Crippen LogP contribution is -2.21. The summed E-state index contributed by atoms with van der Waals surface area (Å²) in [6, 6.07) is 12.6. The molecule has 0 unspecified atom stereocenters. The van der Waals surface area contributed by atoms with Crippen LogP contribution in [0.3, 0.4) is 0 Å². The third kappa shape index (κ3) is 4.68. The number of aromatic nitrogens is 1. The Bertz CT molecular complexity index is 1360. The smallest absolute Gasteiger partial charge is 0.345 e. The number of anilines is 2. The molecule has 0 atom stereocenters. The number of nitrogens with one attached hydrogen (secondary N) is 1. The topological polar surface area (TPSA) is 100 Å². The fraction of sp³-hybridized carbons (Fsp3) is 0.208. The second kappa shape index (κ2) is 9.74. The van der Waals surface area contributed by atoms with Gasteiger partial charge in [0.05, 0.1) is 24.6 Å². The predicted octanol–water partition coefficient (Wildman–Crippen LogP) is 4.92. The van der Waals surface area contributed by atoms with E-state index in [0.717, 1.165) is 24.2 Å². The number of aromatic hydroxyl groups is 1. The van der Waals surface area contributed by atoms with Crippen LogP contribution in [0.25, 0.3) is 22.2 Å². The highest BCUT2D eigenvalue weighted by Gasteiger charge is 2.13. The highest BCUT2D eigenvalue weighted by Crippen LogP contribution is 2.29. The molecular formula is C24H24N4O4S. The number of para-hydroxylation sites is 1. The van der Waals surface area contributed by atoms with E-state index in [9.17, 15) is 9.90 Å². The molecule has 9 heteroatoms. The minimum Gasteiger partial charge on any atom is -0.507 e. The molecule has 33 heavy (non-hydrogen) atoms. The van der Waals surface area contributed by atoms with Crippen LogP contribution in [0.2, 0.25) is 0 Å². The van der Waals surface area contributed by atoms with Gasteiger partial charge in [-0.1, -0.05) is 12.1 Å². The number of phenols is 1. The van der Waals surface area contributed by atoms with Crippen molar-refractivity contribution >= 4 is 39.3 Å². The van der Waals surface area contributed by atoms with E-state index in [0.29, 0.717) is 33.3 Å². The summed E-state index contributed by atoms with van der Waals surface area (Å²) in [5.74, 6) is 0.647. The normalized spacial score (nSPS) is 11.2. The molecule has 170 valence electrons. The number of hydrogen-bond acceptors (Lipinski definition) is 9. The molecule has 0 fully saturated rings. The Balaban J connectivity index is 1.51. The van der Waals surface area contributed by atoms with Crippen molar-refractivity contribution in [1.29, 1.82) is 0 Å². The van der Waals surface area contributed by atoms with Crippen LogP contribution in [0.4, 0.5) is 10.8 Å². The molecule has 4 aromatic rings. The number of ether oxygens (including phenoxy) is 1. The molecule has 0 saturated carbocycles. The van der Waals surface area contributed by atoms with Crippen LogP contribution < -0.4 is 20.7 Å². The second-order valence-corrected chi connectivity index (χ2v) is 8.01. The van der Waals surface area contributed by atoms with Crippen LogP contribution in [0, 0.1) is 0 Å². The molecule has 0 amide bonds. The van der Waals surface area contributed by atoms with Gasteiger partial charge in [0.15, 0.2) is 11.3 Å². The van der Waals surface area contributed by atoms with Crippen molar-refractivity contribution in [2.24, 2.45) is 5.10 Å². The van der Waals surface area contributed by atoms with Crippen LogP contribution in [0.5, 0.6) is 11.5 Å². The summed E-state index contributed by atoms with van der Waals surface area (Å²) in [5, 5.41) is 17.5. The Hall–Kier alpha value is -3.85. The van der Waals surface area contributed by atoms with E-state index in [4.69, 9.17) is 9.15 Å². The van der Waals surface area contributed by atoms with Crippen LogP contribution in [0.1, 0.15) is 19.4 Å². The van der Waals surface area contributed by atoms with Gasteiger partial charge in [-0.2, -0.15) is 5.10 Å². The molecule has 0 spiro atoms. The average Bonchev–Trinajstić information content (AvgIpc) is 3.29. The molecule has 2 heterocycles. The van der Waals surface area contributed by atoms with Crippen LogP contribution in [0.15, 0.2) is 62.2 Å². The quantitative estimate of drug-likeness (QED) is 0.217. The molecule has 0 aliphatic carbocycles. The molecule has 4 rings (SSSR count). The first-order chi connectivity index (χ1) is 16.0. The summed E-state index contributed by atoms with van der Waals surface area (Å²) in [6.07, 6.45) is 1.53. The lowest BCUT2D eigenvalue weighted by Gasteiger charge is -2.21. The van der Waals surface area contributed by atoms with Crippen molar-refractivity contribution in [1.82, 2.24) is 4.98 Å². The Kier molecular flexibility index (Phi) is 6.60. The fourth-order valence-electron chi connectivity index (χ4n) is 3.49. The molecule has 0 bridgehead atoms. The second-order valence-electron chi connectivity index (χ2n) is 7.15. The lowest BCUT2D eigenvalue weighted by atomic mass is 10.1. The third-order valence-corrected chi connectivity index (χ3v) is 5.98. The van der Waals surface area contributed by atoms with Crippen molar-refractivity contribution in [2.45, 2.75) is 13.8 Å². The highest BCUT2D eigenvalue weighted by molar-refractivity contribution is 7.14. The van der Waals surface area contributed by atoms with Crippen molar-refractivity contribution in [3.63, 3.8) is 0 Å². The number of fused-ring (bicyclic) bond motifs is 1. The minimum atomic E-state index is -0.495. The number of rotatable bonds is 8. The van der Waals surface area contributed by atoms with Gasteiger partial charge in [-0.05, 0) is 38.1 Å². The summed E-state index contributed by atoms with van der Waals surface area (Å²) in [7, 11) is 1.53. The van der Waals surface area contributed by atoms with Gasteiger partial charge in [0.2, 0.25) is 5.13 Å². The Morgan fingerprint density at radius 2 is 2.06 bits per heavy atom. The zero-order valence-corrected chi connectivity index (χ0v) is 19.3. The fourth-order valence-corrected chi connectivity index (χ4v) is 4.15. The van der Waals surface area contributed by atoms with E-state index in [1.807, 2.05) is 24.3 Å². The average molecular weight is 465 g/mol. The maximum atomic E-state index is 12.5. The summed E-state index contributed by atoms with van der Waals surface area (Å²) in [4.78, 5) is 19.1. The van der Waals surface area contributed by atoms with Crippen LogP contribution in [-0.4, -0.2) is 36.5 Å². The first-order valence-electron chi connectivity index (χ1n) is 10.5. The molecule has 0 saturated heterocycles. The van der Waals surface area contributed by atoms with E-state index in [1.165, 1.54) is 24.7 Å². The van der Waals surface area contributed by atoms with Gasteiger partial charge in [-0.3, -0.25) is 5.43 Å². The van der Waals surface area contributed by atoms with Crippen molar-refractivity contribution in [3.05, 3.63) is 63.8 Å². The number of phenolic OH excluding ortho intramolecular Hbond substituents is 1. The Morgan fingerprint density at radius 3 is 2.79 bits per heavy atom. The zero-order valence-electron chi connectivity index (χ0n) is 18.5. The number of nitrogens with zero attached hydrogens (tertiary/aromatic N) is 3. The molecule has 8 nitrogen and oxygen atoms in total. The van der Waals surface area contributed by atoms with Crippen LogP contribution in [-0.2, 0) is 0 Å². The molecule has 0 radical (unpaired) electrons. The standard InChI is InChI=1S/C24H24N4O4S/c1-4-28(5-2)17-10-9-16(20(29)12-17)13-25-27-24-26-19(14-33-24)18-11-15-7-6-8-21(31-3)22(15)32-23(18)30/h6-14,29H,4-5H2,1-3H3,(H,26,27)/b25-13-. The maximum Gasteiger partial charge on any atom is 0.345 e. The predicted molar refractivity (Wildman–Crippen MR) is 133 cm³/mol. The molecule has 2 aromatic heterocycles. The summed E-state index contributed by atoms with van der Waals surface area (Å²) < 4.78 is 10.7. The van der Waals surface area contributed by atoms with Crippen molar-refractivity contribution in [3.8, 4) is 22.8 Å². The van der Waals surface area contributed by atoms with Crippen molar-refractivity contribution < 1.29 is 14.3 Å².